The molecule has 0 saturated heterocycles. The van der Waals surface area contributed by atoms with Gasteiger partial charge in [0.05, 0.1) is 11.5 Å². The van der Waals surface area contributed by atoms with Gasteiger partial charge in [-0.3, -0.25) is 9.59 Å². The Hall–Kier alpha value is -3.80. The molecule has 0 unspecified atom stereocenters. The van der Waals surface area contributed by atoms with E-state index in [0.29, 0.717) is 11.1 Å². The van der Waals surface area contributed by atoms with Crippen LogP contribution in [0.3, 0.4) is 0 Å². The van der Waals surface area contributed by atoms with Crippen molar-refractivity contribution in [2.75, 3.05) is 0 Å². The van der Waals surface area contributed by atoms with Crippen LogP contribution < -0.4 is 0 Å². The number of phenols is 4. The van der Waals surface area contributed by atoms with Crippen LogP contribution in [-0.4, -0.2) is 32.0 Å². The zero-order valence-corrected chi connectivity index (χ0v) is 14.8. The first-order valence-electron chi connectivity index (χ1n) is 8.55. The van der Waals surface area contributed by atoms with E-state index in [2.05, 4.69) is 0 Å². The molecule has 0 amide bonds. The maximum Gasteiger partial charge on any atom is 0.197 e. The second kappa shape index (κ2) is 6.13. The highest BCUT2D eigenvalue weighted by Crippen LogP contribution is 2.44. The highest BCUT2D eigenvalue weighted by atomic mass is 16.3. The van der Waals surface area contributed by atoms with E-state index in [1.807, 2.05) is 0 Å². The number of hydrogen-bond acceptors (Lipinski definition) is 6. The summed E-state index contributed by atoms with van der Waals surface area (Å²) in [5.74, 6) is -3.30. The summed E-state index contributed by atoms with van der Waals surface area (Å²) in [5, 5.41) is 40.3. The Labute approximate surface area is 159 Å². The first-order valence-corrected chi connectivity index (χ1v) is 8.55. The van der Waals surface area contributed by atoms with E-state index < -0.39 is 23.2 Å². The Kier molecular flexibility index (Phi) is 3.85. The van der Waals surface area contributed by atoms with Gasteiger partial charge >= 0.3 is 0 Å². The summed E-state index contributed by atoms with van der Waals surface area (Å²) in [6, 6.07) is 11.0. The van der Waals surface area contributed by atoms with Crippen LogP contribution in [0.5, 0.6) is 23.0 Å². The van der Waals surface area contributed by atoms with E-state index in [4.69, 9.17) is 0 Å². The van der Waals surface area contributed by atoms with Crippen molar-refractivity contribution in [1.82, 2.24) is 0 Å². The number of Topliss-reactive ketones (excluding diaryl/α,β-unsaturated/α-hetero) is 1. The van der Waals surface area contributed by atoms with Gasteiger partial charge in [-0.15, -0.1) is 0 Å². The summed E-state index contributed by atoms with van der Waals surface area (Å²) in [5.41, 5.74) is 0.948. The van der Waals surface area contributed by atoms with E-state index in [9.17, 15) is 30.0 Å². The lowest BCUT2D eigenvalue weighted by molar-refractivity contribution is 0.0966. The summed E-state index contributed by atoms with van der Waals surface area (Å²) in [4.78, 5) is 26.6. The largest absolute Gasteiger partial charge is 0.508 e. The zero-order chi connectivity index (χ0) is 20.2. The minimum Gasteiger partial charge on any atom is -0.508 e. The van der Waals surface area contributed by atoms with Gasteiger partial charge < -0.3 is 20.4 Å². The van der Waals surface area contributed by atoms with Crippen LogP contribution in [0.2, 0.25) is 0 Å². The van der Waals surface area contributed by atoms with Crippen LogP contribution in [0.25, 0.3) is 0 Å². The molecule has 0 aliphatic heterocycles. The monoisotopic (exact) mass is 376 g/mol. The fraction of sp³-hybridized carbons (Fsp3) is 0.0909. The molecule has 0 fully saturated rings. The smallest absolute Gasteiger partial charge is 0.197 e. The first kappa shape index (κ1) is 17.6. The SMILES string of the molecule is Cc1cc(O)c2c(c1)C(=O)c1c(O)cc(O)cc1C(=O)[C@@H]2c1ccc(O)cc1. The highest BCUT2D eigenvalue weighted by Gasteiger charge is 2.38. The molecule has 1 aliphatic rings. The van der Waals surface area contributed by atoms with Gasteiger partial charge in [-0.2, -0.15) is 0 Å². The highest BCUT2D eigenvalue weighted by molar-refractivity contribution is 6.23. The Balaban J connectivity index is 2.11. The van der Waals surface area contributed by atoms with Gasteiger partial charge in [0.25, 0.3) is 0 Å². The van der Waals surface area contributed by atoms with Crippen molar-refractivity contribution in [2.45, 2.75) is 12.8 Å². The zero-order valence-electron chi connectivity index (χ0n) is 14.8. The van der Waals surface area contributed by atoms with Crippen LogP contribution in [0.4, 0.5) is 0 Å². The molecule has 0 aromatic heterocycles. The minimum atomic E-state index is -1.05. The van der Waals surface area contributed by atoms with Gasteiger partial charge in [-0.1, -0.05) is 12.1 Å². The first-order chi connectivity index (χ1) is 13.3. The third-order valence-electron chi connectivity index (χ3n) is 4.92. The van der Waals surface area contributed by atoms with Crippen molar-refractivity contribution in [3.05, 3.63) is 81.9 Å². The van der Waals surface area contributed by atoms with Crippen LogP contribution in [-0.2, 0) is 0 Å². The number of ketones is 2. The van der Waals surface area contributed by atoms with Gasteiger partial charge in [0.2, 0.25) is 0 Å². The Morgan fingerprint density at radius 1 is 0.750 bits per heavy atom. The van der Waals surface area contributed by atoms with Crippen LogP contribution in [0, 0.1) is 6.92 Å². The van der Waals surface area contributed by atoms with Crippen LogP contribution in [0.1, 0.15) is 48.9 Å². The Morgan fingerprint density at radius 2 is 1.43 bits per heavy atom. The van der Waals surface area contributed by atoms with Crippen LogP contribution >= 0.6 is 0 Å². The quantitative estimate of drug-likeness (QED) is 0.518. The fourth-order valence-electron chi connectivity index (χ4n) is 3.72. The molecule has 0 saturated carbocycles. The number of carbonyl (C=O) groups excluding carboxylic acids is 2. The summed E-state index contributed by atoms with van der Waals surface area (Å²) in [6.45, 7) is 1.70. The van der Waals surface area contributed by atoms with Gasteiger partial charge in [-0.05, 0) is 48.4 Å². The second-order valence-corrected chi connectivity index (χ2v) is 6.85. The number of aryl methyl sites for hydroxylation is 1. The summed E-state index contributed by atoms with van der Waals surface area (Å²) < 4.78 is 0. The van der Waals surface area contributed by atoms with Gasteiger partial charge in [0, 0.05) is 22.8 Å². The number of rotatable bonds is 1. The second-order valence-electron chi connectivity index (χ2n) is 6.85. The summed E-state index contributed by atoms with van der Waals surface area (Å²) >= 11 is 0. The van der Waals surface area contributed by atoms with Crippen molar-refractivity contribution in [2.24, 2.45) is 0 Å². The standard InChI is InChI=1S/C22H16O6/c1-10-6-14-19(16(25)7-10)18(11-2-4-12(23)5-3-11)21(27)15-8-13(24)9-17(26)20(15)22(14)28/h2-9,18,23-26H,1H3/t18-/m1/s1. The average Bonchev–Trinajstić information content (AvgIpc) is 2.71. The molecule has 3 aromatic rings. The van der Waals surface area contributed by atoms with Crippen molar-refractivity contribution in [3.8, 4) is 23.0 Å². The molecule has 4 rings (SSSR count). The average molecular weight is 376 g/mol. The topological polar surface area (TPSA) is 115 Å². The summed E-state index contributed by atoms with van der Waals surface area (Å²) in [6.07, 6.45) is 0. The number of fused-ring (bicyclic) bond motifs is 2. The van der Waals surface area contributed by atoms with Crippen molar-refractivity contribution >= 4 is 11.6 Å². The molecule has 3 aromatic carbocycles. The molecule has 0 radical (unpaired) electrons. The molecule has 0 heterocycles. The minimum absolute atomic E-state index is 0.00457. The lowest BCUT2D eigenvalue weighted by Crippen LogP contribution is -2.15. The van der Waals surface area contributed by atoms with Crippen molar-refractivity contribution < 1.29 is 30.0 Å². The third-order valence-corrected chi connectivity index (χ3v) is 4.92. The van der Waals surface area contributed by atoms with Gasteiger partial charge in [0.15, 0.2) is 11.6 Å². The van der Waals surface area contributed by atoms with Gasteiger partial charge in [-0.25, -0.2) is 0 Å². The van der Waals surface area contributed by atoms with E-state index in [1.165, 1.54) is 30.3 Å². The number of hydrogen-bond donors (Lipinski definition) is 4. The normalized spacial score (nSPS) is 15.7. The maximum atomic E-state index is 13.4. The molecule has 28 heavy (non-hydrogen) atoms. The number of phenolic OH excluding ortho intramolecular Hbond substituents is 4. The maximum absolute atomic E-state index is 13.4. The fourth-order valence-corrected chi connectivity index (χ4v) is 3.72. The third kappa shape index (κ3) is 2.58. The van der Waals surface area contributed by atoms with Crippen molar-refractivity contribution in [3.63, 3.8) is 0 Å². The number of carbonyl (C=O) groups is 2. The predicted molar refractivity (Wildman–Crippen MR) is 100 cm³/mol. The van der Waals surface area contributed by atoms with E-state index >= 15 is 0 Å². The van der Waals surface area contributed by atoms with Crippen molar-refractivity contribution in [1.29, 1.82) is 0 Å². The molecule has 0 bridgehead atoms. The summed E-state index contributed by atoms with van der Waals surface area (Å²) in [7, 11) is 0. The molecule has 1 aliphatic carbocycles. The number of aromatic hydroxyl groups is 4. The van der Waals surface area contributed by atoms with E-state index in [0.717, 1.165) is 12.1 Å². The molecular weight excluding hydrogens is 360 g/mol. The number of benzene rings is 3. The molecule has 0 spiro atoms. The Morgan fingerprint density at radius 3 is 2.11 bits per heavy atom. The van der Waals surface area contributed by atoms with Gasteiger partial charge in [0.1, 0.15) is 23.0 Å². The lowest BCUT2D eigenvalue weighted by Gasteiger charge is -2.19. The molecule has 4 N–H and O–H groups in total. The van der Waals surface area contributed by atoms with E-state index in [1.54, 1.807) is 13.0 Å². The molecular formula is C22H16O6. The molecule has 6 heteroatoms. The molecule has 6 nitrogen and oxygen atoms in total. The predicted octanol–water partition coefficient (Wildman–Crippen LogP) is 3.38. The molecule has 1 atom stereocenters. The van der Waals surface area contributed by atoms with Crippen LogP contribution in [0.15, 0.2) is 48.5 Å². The van der Waals surface area contributed by atoms with E-state index in [-0.39, 0.29) is 39.5 Å². The Bertz CT molecular complexity index is 1140. The molecule has 140 valence electrons. The lowest BCUT2D eigenvalue weighted by atomic mass is 9.83.